The normalized spacial score (nSPS) is 8.69. The number of nitrogens with two attached hydrogens (primary N) is 1. The van der Waals surface area contributed by atoms with Crippen LogP contribution in [0.5, 0.6) is 0 Å². The molecule has 13 heavy (non-hydrogen) atoms. The standard InChI is InChI=1S/C10H13N3/c1-2-3-4-6-12-10-8-9(11)5-7-13-10/h5,7-8H,4,6H2,1H3,(H3,11,12,13). The van der Waals surface area contributed by atoms with Crippen molar-refractivity contribution in [1.82, 2.24) is 4.98 Å². The van der Waals surface area contributed by atoms with E-state index in [1.54, 1.807) is 18.3 Å². The lowest BCUT2D eigenvalue weighted by molar-refractivity contribution is 1.07. The van der Waals surface area contributed by atoms with E-state index in [1.807, 2.05) is 6.92 Å². The third-order valence-corrected chi connectivity index (χ3v) is 1.52. The molecule has 1 aromatic heterocycles. The summed E-state index contributed by atoms with van der Waals surface area (Å²) in [5, 5.41) is 3.13. The van der Waals surface area contributed by atoms with Gasteiger partial charge in [0.25, 0.3) is 0 Å². The maximum Gasteiger partial charge on any atom is 0.127 e. The first kappa shape index (κ1) is 9.40. The second-order valence-corrected chi connectivity index (χ2v) is 2.58. The Morgan fingerprint density at radius 3 is 3.15 bits per heavy atom. The molecule has 0 saturated carbocycles. The van der Waals surface area contributed by atoms with Gasteiger partial charge in [0.05, 0.1) is 0 Å². The van der Waals surface area contributed by atoms with Crippen LogP contribution in [0.3, 0.4) is 0 Å². The SMILES string of the molecule is CC#CCCNc1cc(N)ccn1. The van der Waals surface area contributed by atoms with E-state index in [1.165, 1.54) is 0 Å². The molecule has 0 amide bonds. The molecular weight excluding hydrogens is 162 g/mol. The number of nitrogens with one attached hydrogen (secondary N) is 1. The maximum atomic E-state index is 5.58. The average Bonchev–Trinajstić information content (AvgIpc) is 2.13. The molecule has 0 aliphatic rings. The molecule has 0 aliphatic heterocycles. The molecule has 0 bridgehead atoms. The van der Waals surface area contributed by atoms with Crippen LogP contribution in [0, 0.1) is 11.8 Å². The summed E-state index contributed by atoms with van der Waals surface area (Å²) in [7, 11) is 0. The van der Waals surface area contributed by atoms with Crippen LogP contribution in [0.1, 0.15) is 13.3 Å². The fraction of sp³-hybridized carbons (Fsp3) is 0.300. The highest BCUT2D eigenvalue weighted by atomic mass is 15.0. The van der Waals surface area contributed by atoms with E-state index in [4.69, 9.17) is 5.73 Å². The van der Waals surface area contributed by atoms with E-state index in [0.717, 1.165) is 24.5 Å². The summed E-state index contributed by atoms with van der Waals surface area (Å²) in [6, 6.07) is 3.57. The number of hydrogen-bond acceptors (Lipinski definition) is 3. The molecular formula is C10H13N3. The van der Waals surface area contributed by atoms with Crippen LogP contribution in [-0.2, 0) is 0 Å². The van der Waals surface area contributed by atoms with Crippen molar-refractivity contribution in [3.05, 3.63) is 18.3 Å². The third-order valence-electron chi connectivity index (χ3n) is 1.52. The number of rotatable bonds is 3. The number of nitrogens with zero attached hydrogens (tertiary/aromatic N) is 1. The van der Waals surface area contributed by atoms with E-state index < -0.39 is 0 Å². The van der Waals surface area contributed by atoms with Crippen LogP contribution in [0.4, 0.5) is 11.5 Å². The Morgan fingerprint density at radius 1 is 1.62 bits per heavy atom. The first-order valence-corrected chi connectivity index (χ1v) is 4.18. The van der Waals surface area contributed by atoms with E-state index in [-0.39, 0.29) is 0 Å². The maximum absolute atomic E-state index is 5.58. The molecule has 0 radical (unpaired) electrons. The van der Waals surface area contributed by atoms with Gasteiger partial charge in [-0.1, -0.05) is 0 Å². The molecule has 1 heterocycles. The van der Waals surface area contributed by atoms with Gasteiger partial charge in [0.2, 0.25) is 0 Å². The number of anilines is 2. The second-order valence-electron chi connectivity index (χ2n) is 2.58. The lowest BCUT2D eigenvalue weighted by Crippen LogP contribution is -2.02. The van der Waals surface area contributed by atoms with E-state index in [0.29, 0.717) is 0 Å². The first-order chi connectivity index (χ1) is 6.33. The predicted molar refractivity (Wildman–Crippen MR) is 55.2 cm³/mol. The highest BCUT2D eigenvalue weighted by molar-refractivity contribution is 5.48. The molecule has 0 unspecified atom stereocenters. The molecule has 3 heteroatoms. The molecule has 68 valence electrons. The highest BCUT2D eigenvalue weighted by Gasteiger charge is 1.91. The van der Waals surface area contributed by atoms with Crippen LogP contribution in [0.25, 0.3) is 0 Å². The van der Waals surface area contributed by atoms with Gasteiger partial charge in [-0.15, -0.1) is 11.8 Å². The zero-order valence-electron chi connectivity index (χ0n) is 7.67. The zero-order valence-corrected chi connectivity index (χ0v) is 7.67. The van der Waals surface area contributed by atoms with Gasteiger partial charge in [0.15, 0.2) is 0 Å². The minimum Gasteiger partial charge on any atom is -0.399 e. The number of aromatic nitrogens is 1. The van der Waals surface area contributed by atoms with Gasteiger partial charge in [-0.2, -0.15) is 0 Å². The van der Waals surface area contributed by atoms with Crippen LogP contribution in [0.2, 0.25) is 0 Å². The van der Waals surface area contributed by atoms with Crippen molar-refractivity contribution in [2.45, 2.75) is 13.3 Å². The monoisotopic (exact) mass is 175 g/mol. The third kappa shape index (κ3) is 3.48. The number of hydrogen-bond donors (Lipinski definition) is 2. The summed E-state index contributed by atoms with van der Waals surface area (Å²) in [6.45, 7) is 2.63. The fourth-order valence-electron chi connectivity index (χ4n) is 0.922. The van der Waals surface area contributed by atoms with Gasteiger partial charge < -0.3 is 11.1 Å². The molecule has 0 spiro atoms. The Hall–Kier alpha value is -1.69. The van der Waals surface area contributed by atoms with Crippen LogP contribution in [-0.4, -0.2) is 11.5 Å². The largest absolute Gasteiger partial charge is 0.399 e. The van der Waals surface area contributed by atoms with Crippen LogP contribution < -0.4 is 11.1 Å². The van der Waals surface area contributed by atoms with Crippen molar-refractivity contribution in [1.29, 1.82) is 0 Å². The summed E-state index contributed by atoms with van der Waals surface area (Å²) in [5.74, 6) is 6.60. The van der Waals surface area contributed by atoms with Crippen molar-refractivity contribution in [3.63, 3.8) is 0 Å². The minimum atomic E-state index is 0.721. The van der Waals surface area contributed by atoms with Crippen LogP contribution in [0.15, 0.2) is 18.3 Å². The molecule has 1 aromatic rings. The quantitative estimate of drug-likeness (QED) is 0.540. The van der Waals surface area contributed by atoms with Crippen molar-refractivity contribution >= 4 is 11.5 Å². The Kier molecular flexibility index (Phi) is 3.65. The van der Waals surface area contributed by atoms with Gasteiger partial charge in [-0.05, 0) is 13.0 Å². The zero-order chi connectivity index (χ0) is 9.52. The van der Waals surface area contributed by atoms with E-state index >= 15 is 0 Å². The summed E-state index contributed by atoms with van der Waals surface area (Å²) in [6.07, 6.45) is 2.51. The van der Waals surface area contributed by atoms with Crippen molar-refractivity contribution < 1.29 is 0 Å². The van der Waals surface area contributed by atoms with Crippen molar-refractivity contribution in [3.8, 4) is 11.8 Å². The van der Waals surface area contributed by atoms with Crippen LogP contribution >= 0.6 is 0 Å². The van der Waals surface area contributed by atoms with Gasteiger partial charge in [-0.3, -0.25) is 0 Å². The summed E-state index contributed by atoms with van der Waals surface area (Å²) < 4.78 is 0. The fourth-order valence-corrected chi connectivity index (χ4v) is 0.922. The minimum absolute atomic E-state index is 0.721. The topological polar surface area (TPSA) is 50.9 Å². The Balaban J connectivity index is 2.39. The summed E-state index contributed by atoms with van der Waals surface area (Å²) in [4.78, 5) is 4.10. The Labute approximate surface area is 78.4 Å². The van der Waals surface area contributed by atoms with Gasteiger partial charge >= 0.3 is 0 Å². The average molecular weight is 175 g/mol. The number of nitrogen functional groups attached to an aromatic ring is 1. The molecule has 0 fully saturated rings. The highest BCUT2D eigenvalue weighted by Crippen LogP contribution is 2.06. The molecule has 3 N–H and O–H groups in total. The number of pyridine rings is 1. The first-order valence-electron chi connectivity index (χ1n) is 4.18. The van der Waals surface area contributed by atoms with Gasteiger partial charge in [0.1, 0.15) is 5.82 Å². The molecule has 1 rings (SSSR count). The lowest BCUT2D eigenvalue weighted by Gasteiger charge is -2.02. The van der Waals surface area contributed by atoms with E-state index in [2.05, 4.69) is 22.1 Å². The second kappa shape index (κ2) is 5.04. The summed E-state index contributed by atoms with van der Waals surface area (Å²) >= 11 is 0. The van der Waals surface area contributed by atoms with Gasteiger partial charge in [0, 0.05) is 30.9 Å². The van der Waals surface area contributed by atoms with Gasteiger partial charge in [-0.25, -0.2) is 4.98 Å². The molecule has 0 aliphatic carbocycles. The van der Waals surface area contributed by atoms with Crippen molar-refractivity contribution in [2.75, 3.05) is 17.6 Å². The summed E-state index contributed by atoms with van der Waals surface area (Å²) in [5.41, 5.74) is 6.30. The Bertz CT molecular complexity index is 322. The molecule has 0 saturated heterocycles. The molecule has 0 aromatic carbocycles. The predicted octanol–water partition coefficient (Wildman–Crippen LogP) is 1.49. The van der Waals surface area contributed by atoms with E-state index in [9.17, 15) is 0 Å². The molecule has 3 nitrogen and oxygen atoms in total. The Morgan fingerprint density at radius 2 is 2.46 bits per heavy atom. The smallest absolute Gasteiger partial charge is 0.127 e. The molecule has 0 atom stereocenters. The van der Waals surface area contributed by atoms with Crippen molar-refractivity contribution in [2.24, 2.45) is 0 Å². The lowest BCUT2D eigenvalue weighted by atomic mass is 10.4.